The Morgan fingerprint density at radius 1 is 0.676 bits per heavy atom. The third kappa shape index (κ3) is 5.09. The Bertz CT molecular complexity index is 1340. The predicted molar refractivity (Wildman–Crippen MR) is 153 cm³/mol. The van der Waals surface area contributed by atoms with E-state index in [-0.39, 0.29) is 5.56 Å². The first-order valence-corrected chi connectivity index (χ1v) is 12.4. The molecule has 0 aliphatic carbocycles. The Morgan fingerprint density at radius 3 is 1.73 bits per heavy atom. The van der Waals surface area contributed by atoms with Crippen LogP contribution < -0.4 is 9.80 Å². The van der Waals surface area contributed by atoms with Crippen LogP contribution in [0.2, 0.25) is 0 Å². The maximum Gasteiger partial charge on any atom is 0.336 e. The molecule has 0 aromatic heterocycles. The van der Waals surface area contributed by atoms with E-state index >= 15 is 0 Å². The summed E-state index contributed by atoms with van der Waals surface area (Å²) in [6.07, 6.45) is 0. The van der Waals surface area contributed by atoms with Crippen molar-refractivity contribution < 1.29 is 9.90 Å². The molecule has 0 aliphatic rings. The van der Waals surface area contributed by atoms with Crippen molar-refractivity contribution in [1.82, 2.24) is 4.90 Å². The van der Waals surface area contributed by atoms with Gasteiger partial charge in [0.25, 0.3) is 0 Å². The van der Waals surface area contributed by atoms with E-state index in [2.05, 4.69) is 65.4 Å². The van der Waals surface area contributed by atoms with Crippen LogP contribution >= 0.6 is 0 Å². The van der Waals surface area contributed by atoms with Gasteiger partial charge in [-0.1, -0.05) is 78.9 Å². The van der Waals surface area contributed by atoms with Gasteiger partial charge in [0.2, 0.25) is 0 Å². The van der Waals surface area contributed by atoms with Crippen LogP contribution in [0.25, 0.3) is 0 Å². The first kappa shape index (κ1) is 26.0. The molecule has 0 fully saturated rings. The summed E-state index contributed by atoms with van der Waals surface area (Å²) >= 11 is 0. The molecule has 1 N–H and O–H groups in total. The Kier molecular flexibility index (Phi) is 7.65. The van der Waals surface area contributed by atoms with Crippen molar-refractivity contribution in [2.75, 3.05) is 45.0 Å². The van der Waals surface area contributed by atoms with Gasteiger partial charge in [-0.05, 0) is 53.6 Å². The molecule has 1 unspecified atom stereocenters. The molecule has 37 heavy (non-hydrogen) atoms. The molecule has 0 radical (unpaired) electrons. The number of anilines is 2. The molecule has 0 saturated carbocycles. The van der Waals surface area contributed by atoms with E-state index in [0.717, 1.165) is 33.6 Å². The fourth-order valence-corrected chi connectivity index (χ4v) is 5.08. The summed E-state index contributed by atoms with van der Waals surface area (Å²) in [5.74, 6) is -0.947. The molecule has 0 saturated heterocycles. The molecule has 4 aromatic carbocycles. The Labute approximate surface area is 220 Å². The van der Waals surface area contributed by atoms with E-state index in [1.165, 1.54) is 0 Å². The molecule has 1 atom stereocenters. The monoisotopic (exact) mass is 493 g/mol. The highest BCUT2D eigenvalue weighted by Gasteiger charge is 2.43. The van der Waals surface area contributed by atoms with Gasteiger partial charge in [-0.2, -0.15) is 0 Å². The van der Waals surface area contributed by atoms with Crippen LogP contribution in [0.3, 0.4) is 0 Å². The van der Waals surface area contributed by atoms with Crippen LogP contribution in [-0.4, -0.2) is 51.2 Å². The molecule has 0 aliphatic heterocycles. The molecule has 5 heteroatoms. The minimum atomic E-state index is -0.947. The minimum absolute atomic E-state index is 0.284. The van der Waals surface area contributed by atoms with Gasteiger partial charge in [0, 0.05) is 46.1 Å². The van der Waals surface area contributed by atoms with E-state index in [9.17, 15) is 9.90 Å². The standard InChI is InChI=1S/C32H35N3O2/c1-33(2)27-18-16-26(17-19-27)32(25-14-10-7-11-15-25,35(5)23-24-12-8-6-9-13-24)30-21-20-28(34(3)4)22-29(30)31(36)37/h6-22H,23H2,1-5H3,(H,36,37). The SMILES string of the molecule is CN(C)c1ccc(C(c2ccccc2)(c2ccc(N(C)C)cc2C(=O)O)N(C)Cc2ccccc2)cc1. The summed E-state index contributed by atoms with van der Waals surface area (Å²) in [7, 11) is 9.96. The van der Waals surface area contributed by atoms with Crippen LogP contribution in [0, 0.1) is 0 Å². The maximum atomic E-state index is 12.8. The zero-order valence-corrected chi connectivity index (χ0v) is 22.2. The van der Waals surface area contributed by atoms with E-state index in [1.54, 1.807) is 6.07 Å². The fraction of sp³-hybridized carbons (Fsp3) is 0.219. The van der Waals surface area contributed by atoms with E-state index in [1.807, 2.05) is 81.6 Å². The average molecular weight is 494 g/mol. The van der Waals surface area contributed by atoms with Gasteiger partial charge in [0.1, 0.15) is 0 Å². The summed E-state index contributed by atoms with van der Waals surface area (Å²) < 4.78 is 0. The molecule has 0 heterocycles. The van der Waals surface area contributed by atoms with Crippen molar-refractivity contribution in [3.05, 3.63) is 131 Å². The molecule has 190 valence electrons. The summed E-state index contributed by atoms with van der Waals surface area (Å²) in [5.41, 5.74) is 5.24. The van der Waals surface area contributed by atoms with Crippen molar-refractivity contribution in [2.24, 2.45) is 0 Å². The fourth-order valence-electron chi connectivity index (χ4n) is 5.08. The molecular formula is C32H35N3O2. The highest BCUT2D eigenvalue weighted by Crippen LogP contribution is 2.45. The van der Waals surface area contributed by atoms with Crippen LogP contribution in [0.15, 0.2) is 103 Å². The zero-order valence-electron chi connectivity index (χ0n) is 22.2. The van der Waals surface area contributed by atoms with Crippen LogP contribution in [-0.2, 0) is 12.1 Å². The highest BCUT2D eigenvalue weighted by atomic mass is 16.4. The van der Waals surface area contributed by atoms with E-state index < -0.39 is 11.5 Å². The van der Waals surface area contributed by atoms with Gasteiger partial charge in [0.05, 0.1) is 11.1 Å². The lowest BCUT2D eigenvalue weighted by Gasteiger charge is -2.44. The number of nitrogens with zero attached hydrogens (tertiary/aromatic N) is 3. The van der Waals surface area contributed by atoms with Gasteiger partial charge < -0.3 is 14.9 Å². The quantitative estimate of drug-likeness (QED) is 0.292. The Morgan fingerprint density at radius 2 is 1.19 bits per heavy atom. The van der Waals surface area contributed by atoms with Crippen molar-refractivity contribution in [1.29, 1.82) is 0 Å². The summed E-state index contributed by atoms with van der Waals surface area (Å²) in [4.78, 5) is 19.0. The maximum absolute atomic E-state index is 12.8. The number of carboxylic acids is 1. The third-order valence-electron chi connectivity index (χ3n) is 6.97. The second-order valence-corrected chi connectivity index (χ2v) is 9.79. The van der Waals surface area contributed by atoms with Crippen LogP contribution in [0.1, 0.15) is 32.6 Å². The topological polar surface area (TPSA) is 47.0 Å². The number of hydrogen-bond acceptors (Lipinski definition) is 4. The largest absolute Gasteiger partial charge is 0.478 e. The van der Waals surface area contributed by atoms with Crippen molar-refractivity contribution in [3.8, 4) is 0 Å². The highest BCUT2D eigenvalue weighted by molar-refractivity contribution is 5.92. The number of rotatable bonds is 9. The first-order valence-electron chi connectivity index (χ1n) is 12.4. The smallest absolute Gasteiger partial charge is 0.336 e. The number of benzene rings is 4. The van der Waals surface area contributed by atoms with Gasteiger partial charge in [-0.15, -0.1) is 0 Å². The number of hydrogen-bond donors (Lipinski definition) is 1. The van der Waals surface area contributed by atoms with Crippen LogP contribution in [0.5, 0.6) is 0 Å². The second-order valence-electron chi connectivity index (χ2n) is 9.79. The Balaban J connectivity index is 2.07. The summed E-state index contributed by atoms with van der Waals surface area (Å²) in [5, 5.41) is 10.5. The van der Waals surface area contributed by atoms with Crippen molar-refractivity contribution in [3.63, 3.8) is 0 Å². The first-order chi connectivity index (χ1) is 17.7. The van der Waals surface area contributed by atoms with Gasteiger partial charge in [-0.3, -0.25) is 4.90 Å². The zero-order chi connectivity index (χ0) is 26.6. The van der Waals surface area contributed by atoms with Crippen molar-refractivity contribution >= 4 is 17.3 Å². The molecule has 4 aromatic rings. The van der Waals surface area contributed by atoms with Crippen LogP contribution in [0.4, 0.5) is 11.4 Å². The van der Waals surface area contributed by atoms with Gasteiger partial charge >= 0.3 is 5.97 Å². The van der Waals surface area contributed by atoms with Crippen molar-refractivity contribution in [2.45, 2.75) is 12.1 Å². The molecular weight excluding hydrogens is 458 g/mol. The number of carboxylic acid groups (broad SMARTS) is 1. The summed E-state index contributed by atoms with van der Waals surface area (Å²) in [6.45, 7) is 0.625. The van der Waals surface area contributed by atoms with Gasteiger partial charge in [0.15, 0.2) is 0 Å². The lowest BCUT2D eigenvalue weighted by atomic mass is 9.73. The second kappa shape index (κ2) is 10.9. The third-order valence-corrected chi connectivity index (χ3v) is 6.97. The molecule has 0 amide bonds. The molecule has 0 spiro atoms. The summed E-state index contributed by atoms with van der Waals surface area (Å²) in [6, 6.07) is 34.7. The average Bonchev–Trinajstić information content (AvgIpc) is 2.90. The minimum Gasteiger partial charge on any atom is -0.478 e. The predicted octanol–water partition coefficient (Wildman–Crippen LogP) is 5.94. The Hall–Kier alpha value is -4.09. The number of aromatic carboxylic acids is 1. The molecule has 0 bridgehead atoms. The normalized spacial score (nSPS) is 12.7. The van der Waals surface area contributed by atoms with Gasteiger partial charge in [-0.25, -0.2) is 4.79 Å². The lowest BCUT2D eigenvalue weighted by molar-refractivity contribution is 0.0690. The van der Waals surface area contributed by atoms with E-state index in [4.69, 9.17) is 0 Å². The lowest BCUT2D eigenvalue weighted by Crippen LogP contribution is -2.46. The van der Waals surface area contributed by atoms with E-state index in [0.29, 0.717) is 6.54 Å². The molecule has 4 rings (SSSR count). The molecule has 5 nitrogen and oxygen atoms in total. The number of carbonyl (C=O) groups is 1.